The standard InChI is InChI=1S/C61H118O17P2/c1-7-10-12-14-16-18-20-24-31-37-43-58(63)71-49-56(77-60(65)45-39-33-25-21-19-17-15-13-11-8-2)51-75-79(67,68)73-47-55(62)48-74-80(69,70)76-52-57(78-61(66)46-40-34-26-22-23-29-35-41-53(4)5)50-72-59(64)44-38-32-28-27-30-36-42-54(6)9-3/h53-57,62H,7-52H2,1-6H3,(H,67,68)(H,69,70)/t54?,55-,56+,57+/m0/s1. The Morgan fingerprint density at radius 3 is 0.950 bits per heavy atom. The van der Waals surface area contributed by atoms with Crippen molar-refractivity contribution in [3.05, 3.63) is 0 Å². The predicted octanol–water partition coefficient (Wildman–Crippen LogP) is 16.5. The van der Waals surface area contributed by atoms with Crippen LogP contribution in [0.5, 0.6) is 0 Å². The van der Waals surface area contributed by atoms with Gasteiger partial charge in [-0.2, -0.15) is 0 Å². The highest BCUT2D eigenvalue weighted by Crippen LogP contribution is 2.45. The van der Waals surface area contributed by atoms with Gasteiger partial charge in [0.05, 0.1) is 26.4 Å². The molecule has 0 saturated carbocycles. The Labute approximate surface area is 486 Å². The Kier molecular flexibility index (Phi) is 52.5. The van der Waals surface area contributed by atoms with Crippen LogP contribution < -0.4 is 0 Å². The van der Waals surface area contributed by atoms with Crippen molar-refractivity contribution in [1.29, 1.82) is 0 Å². The summed E-state index contributed by atoms with van der Waals surface area (Å²) in [5, 5.41) is 10.5. The molecule has 0 aromatic carbocycles. The number of phosphoric ester groups is 2. The third-order valence-electron chi connectivity index (χ3n) is 14.3. The summed E-state index contributed by atoms with van der Waals surface area (Å²) in [4.78, 5) is 72.0. The maximum absolute atomic E-state index is 12.9. The van der Waals surface area contributed by atoms with Gasteiger partial charge in [0.25, 0.3) is 0 Å². The Morgan fingerprint density at radius 2 is 0.637 bits per heavy atom. The van der Waals surface area contributed by atoms with Gasteiger partial charge in [-0.05, 0) is 37.5 Å². The first kappa shape index (κ1) is 78.1. The van der Waals surface area contributed by atoms with Crippen LogP contribution in [-0.4, -0.2) is 96.7 Å². The van der Waals surface area contributed by atoms with Gasteiger partial charge in [0.2, 0.25) is 0 Å². The minimum Gasteiger partial charge on any atom is -0.462 e. The van der Waals surface area contributed by atoms with Crippen LogP contribution in [0.25, 0.3) is 0 Å². The summed E-state index contributed by atoms with van der Waals surface area (Å²) in [6, 6.07) is 0. The quantitative estimate of drug-likeness (QED) is 0.0222. The monoisotopic (exact) mass is 1180 g/mol. The molecule has 474 valence electrons. The molecule has 0 aliphatic heterocycles. The molecule has 3 N–H and O–H groups in total. The van der Waals surface area contributed by atoms with E-state index in [1.165, 1.54) is 109 Å². The first-order chi connectivity index (χ1) is 38.4. The van der Waals surface area contributed by atoms with Crippen LogP contribution in [0.3, 0.4) is 0 Å². The van der Waals surface area contributed by atoms with Crippen LogP contribution >= 0.6 is 15.6 Å². The Bertz CT molecular complexity index is 1580. The van der Waals surface area contributed by atoms with E-state index in [4.69, 9.17) is 37.0 Å². The molecular weight excluding hydrogens is 1070 g/mol. The molecule has 0 radical (unpaired) electrons. The number of ether oxygens (including phenoxy) is 4. The van der Waals surface area contributed by atoms with Crippen LogP contribution in [0.2, 0.25) is 0 Å². The van der Waals surface area contributed by atoms with E-state index < -0.39 is 97.5 Å². The van der Waals surface area contributed by atoms with Gasteiger partial charge in [-0.1, -0.05) is 247 Å². The van der Waals surface area contributed by atoms with Gasteiger partial charge in [-0.15, -0.1) is 0 Å². The van der Waals surface area contributed by atoms with Crippen molar-refractivity contribution < 1.29 is 80.2 Å². The molecule has 0 spiro atoms. The summed E-state index contributed by atoms with van der Waals surface area (Å²) in [6.07, 6.45) is 34.9. The Morgan fingerprint density at radius 1 is 0.362 bits per heavy atom. The molecule has 0 bridgehead atoms. The average molecular weight is 1190 g/mol. The van der Waals surface area contributed by atoms with Crippen molar-refractivity contribution >= 4 is 39.5 Å². The molecule has 19 heteroatoms. The fraction of sp³-hybridized carbons (Fsp3) is 0.934. The van der Waals surface area contributed by atoms with Crippen LogP contribution in [0, 0.1) is 11.8 Å². The molecule has 0 aliphatic carbocycles. The van der Waals surface area contributed by atoms with E-state index in [9.17, 15) is 43.2 Å². The van der Waals surface area contributed by atoms with Gasteiger partial charge >= 0.3 is 39.5 Å². The number of rotatable bonds is 60. The number of phosphoric acid groups is 2. The summed E-state index contributed by atoms with van der Waals surface area (Å²) in [5.41, 5.74) is 0. The SMILES string of the molecule is CCCCCCCCCCCCC(=O)OC[C@H](COP(=O)(O)OC[C@H](O)COP(=O)(O)OC[C@@H](COC(=O)CCCCCCCCC(C)CC)OC(=O)CCCCCCCCCC(C)C)OC(=O)CCCCCCCCCCCC. The number of carbonyl (C=O) groups excluding carboxylic acids is 4. The lowest BCUT2D eigenvalue weighted by molar-refractivity contribution is -0.161. The third-order valence-corrected chi connectivity index (χ3v) is 16.2. The predicted molar refractivity (Wildman–Crippen MR) is 317 cm³/mol. The zero-order valence-corrected chi connectivity index (χ0v) is 53.2. The molecule has 0 aromatic rings. The van der Waals surface area contributed by atoms with Gasteiger partial charge in [-0.25, -0.2) is 9.13 Å². The number of hydrogen-bond donors (Lipinski definition) is 3. The summed E-state index contributed by atoms with van der Waals surface area (Å²) in [6.45, 7) is 9.35. The molecule has 80 heavy (non-hydrogen) atoms. The van der Waals surface area contributed by atoms with Crippen molar-refractivity contribution in [2.24, 2.45) is 11.8 Å². The molecule has 0 aliphatic rings. The van der Waals surface area contributed by atoms with Crippen molar-refractivity contribution in [2.75, 3.05) is 39.6 Å². The second-order valence-corrected chi connectivity index (χ2v) is 25.7. The number of aliphatic hydroxyl groups excluding tert-OH is 1. The van der Waals surface area contributed by atoms with E-state index in [2.05, 4.69) is 41.5 Å². The lowest BCUT2D eigenvalue weighted by Gasteiger charge is -2.21. The van der Waals surface area contributed by atoms with E-state index in [-0.39, 0.29) is 25.7 Å². The summed E-state index contributed by atoms with van der Waals surface area (Å²) < 4.78 is 67.8. The smallest absolute Gasteiger partial charge is 0.462 e. The zero-order valence-electron chi connectivity index (χ0n) is 51.4. The van der Waals surface area contributed by atoms with Crippen LogP contribution in [0.15, 0.2) is 0 Å². The minimum atomic E-state index is -4.94. The normalized spacial score (nSPS) is 14.7. The van der Waals surface area contributed by atoms with Crippen molar-refractivity contribution in [3.8, 4) is 0 Å². The van der Waals surface area contributed by atoms with Gasteiger partial charge in [0.15, 0.2) is 12.2 Å². The molecule has 0 heterocycles. The topological polar surface area (TPSA) is 237 Å². The molecule has 17 nitrogen and oxygen atoms in total. The van der Waals surface area contributed by atoms with Crippen molar-refractivity contribution in [3.63, 3.8) is 0 Å². The second kappa shape index (κ2) is 53.8. The lowest BCUT2D eigenvalue weighted by Crippen LogP contribution is -2.30. The number of carbonyl (C=O) groups is 4. The van der Waals surface area contributed by atoms with Crippen molar-refractivity contribution in [2.45, 2.75) is 317 Å². The Balaban J connectivity index is 5.24. The maximum atomic E-state index is 12.9. The molecule has 3 unspecified atom stereocenters. The molecule has 6 atom stereocenters. The highest BCUT2D eigenvalue weighted by Gasteiger charge is 2.30. The van der Waals surface area contributed by atoms with E-state index in [1.54, 1.807) is 0 Å². The van der Waals surface area contributed by atoms with Gasteiger partial charge in [0, 0.05) is 25.7 Å². The Hall–Kier alpha value is -1.94. The number of unbranched alkanes of at least 4 members (excludes halogenated alkanes) is 29. The maximum Gasteiger partial charge on any atom is 0.472 e. The highest BCUT2D eigenvalue weighted by molar-refractivity contribution is 7.47. The number of hydrogen-bond acceptors (Lipinski definition) is 15. The molecule has 0 fully saturated rings. The van der Waals surface area contributed by atoms with Crippen LogP contribution in [-0.2, 0) is 65.4 Å². The van der Waals surface area contributed by atoms with Crippen LogP contribution in [0.1, 0.15) is 298 Å². The molecule has 0 amide bonds. The zero-order chi connectivity index (χ0) is 59.4. The van der Waals surface area contributed by atoms with Crippen LogP contribution in [0.4, 0.5) is 0 Å². The lowest BCUT2D eigenvalue weighted by atomic mass is 10.00. The molecule has 0 rings (SSSR count). The summed E-state index contributed by atoms with van der Waals surface area (Å²) in [7, 11) is -9.88. The van der Waals surface area contributed by atoms with Gasteiger partial charge in [-0.3, -0.25) is 37.3 Å². The first-order valence-corrected chi connectivity index (χ1v) is 35.0. The largest absolute Gasteiger partial charge is 0.472 e. The van der Waals surface area contributed by atoms with E-state index in [1.807, 2.05) is 0 Å². The van der Waals surface area contributed by atoms with E-state index in [0.29, 0.717) is 31.6 Å². The summed E-state index contributed by atoms with van der Waals surface area (Å²) >= 11 is 0. The fourth-order valence-electron chi connectivity index (χ4n) is 8.97. The van der Waals surface area contributed by atoms with E-state index >= 15 is 0 Å². The van der Waals surface area contributed by atoms with Gasteiger partial charge in [0.1, 0.15) is 19.3 Å². The molecule has 0 saturated heterocycles. The third kappa shape index (κ3) is 54.0. The van der Waals surface area contributed by atoms with Crippen molar-refractivity contribution in [1.82, 2.24) is 0 Å². The molecule has 0 aromatic heterocycles. The molecular formula is C61H118O17P2. The minimum absolute atomic E-state index is 0.102. The first-order valence-electron chi connectivity index (χ1n) is 32.0. The number of esters is 4. The highest BCUT2D eigenvalue weighted by atomic mass is 31.2. The second-order valence-electron chi connectivity index (χ2n) is 22.8. The number of aliphatic hydroxyl groups is 1. The fourth-order valence-corrected chi connectivity index (χ4v) is 10.5. The van der Waals surface area contributed by atoms with E-state index in [0.717, 1.165) is 102 Å². The average Bonchev–Trinajstić information content (AvgIpc) is 3.42. The summed E-state index contributed by atoms with van der Waals surface area (Å²) in [5.74, 6) is -0.714. The van der Waals surface area contributed by atoms with Gasteiger partial charge < -0.3 is 33.8 Å².